The third-order valence-electron chi connectivity index (χ3n) is 6.52. The van der Waals surface area contributed by atoms with Crippen LogP contribution in [0.3, 0.4) is 0 Å². The Kier molecular flexibility index (Phi) is 9.05. The number of rotatable bonds is 9. The van der Waals surface area contributed by atoms with Crippen molar-refractivity contribution in [1.29, 1.82) is 0 Å². The van der Waals surface area contributed by atoms with Crippen molar-refractivity contribution in [3.63, 3.8) is 0 Å². The number of aromatic nitrogens is 5. The number of benzene rings is 1. The Morgan fingerprint density at radius 2 is 1.87 bits per heavy atom. The van der Waals surface area contributed by atoms with Crippen molar-refractivity contribution in [2.75, 3.05) is 51.1 Å². The van der Waals surface area contributed by atoms with Gasteiger partial charge in [0.25, 0.3) is 0 Å². The van der Waals surface area contributed by atoms with Crippen LogP contribution in [0.2, 0.25) is 0 Å². The highest BCUT2D eigenvalue weighted by atomic mass is 32.2. The molecular weight excluding hydrogens is 538 g/mol. The molecule has 0 unspecified atom stereocenters. The predicted octanol–water partition coefficient (Wildman–Crippen LogP) is 2.49. The van der Waals surface area contributed by atoms with Crippen molar-refractivity contribution in [1.82, 2.24) is 28.8 Å². The third kappa shape index (κ3) is 6.67. The van der Waals surface area contributed by atoms with E-state index in [2.05, 4.69) is 15.0 Å². The Morgan fingerprint density at radius 3 is 2.59 bits per heavy atom. The first kappa shape index (κ1) is 28.7. The summed E-state index contributed by atoms with van der Waals surface area (Å²) in [7, 11) is 0.511. The number of imidazole rings is 1. The van der Waals surface area contributed by atoms with Crippen molar-refractivity contribution in [3.05, 3.63) is 60.9 Å². The van der Waals surface area contributed by atoms with Gasteiger partial charge >= 0.3 is 0 Å². The first-order valence-electron chi connectivity index (χ1n) is 12.4. The number of anilines is 1. The maximum atomic E-state index is 13.0. The molecule has 1 atom stereocenters. The van der Waals surface area contributed by atoms with Crippen LogP contribution in [0.4, 0.5) is 5.69 Å². The van der Waals surface area contributed by atoms with Gasteiger partial charge in [-0.05, 0) is 25.1 Å². The number of hydrogen-bond donors (Lipinski definition) is 0. The molecule has 0 saturated carbocycles. The smallest absolute Gasteiger partial charge is 0.242 e. The van der Waals surface area contributed by atoms with Crippen LogP contribution in [0, 0.1) is 6.92 Å². The average Bonchev–Trinajstić information content (AvgIpc) is 3.35. The number of hydrogen-bond acceptors (Lipinski definition) is 9. The zero-order valence-electron chi connectivity index (χ0n) is 22.2. The molecule has 0 radical (unpaired) electrons. The predicted molar refractivity (Wildman–Crippen MR) is 155 cm³/mol. The van der Waals surface area contributed by atoms with Crippen LogP contribution in [0.15, 0.2) is 55.1 Å². The first-order chi connectivity index (χ1) is 18.3. The maximum Gasteiger partial charge on any atom is 0.242 e. The molecule has 1 aliphatic heterocycles. The van der Waals surface area contributed by atoms with E-state index in [9.17, 15) is 8.42 Å². The largest absolute Gasteiger partial charge is 0.473 e. The van der Waals surface area contributed by atoms with Gasteiger partial charge in [0.2, 0.25) is 15.9 Å². The number of nitrogens with zero attached hydrogens (tertiary/aromatic N) is 7. The van der Waals surface area contributed by atoms with Crippen molar-refractivity contribution >= 4 is 40.2 Å². The maximum absolute atomic E-state index is 13.0. The van der Waals surface area contributed by atoms with Crippen LogP contribution in [-0.2, 0) is 21.3 Å². The van der Waals surface area contributed by atoms with Crippen molar-refractivity contribution in [3.8, 4) is 17.1 Å². The van der Waals surface area contributed by atoms with Gasteiger partial charge in [-0.15, -0.1) is 0 Å². The molecule has 0 spiro atoms. The van der Waals surface area contributed by atoms with Crippen LogP contribution in [0.25, 0.3) is 22.3 Å². The molecule has 0 bridgehead atoms. The Labute approximate surface area is 235 Å². The summed E-state index contributed by atoms with van der Waals surface area (Å²) in [5.41, 5.74) is 3.92. The molecule has 0 amide bonds. The molecule has 1 saturated heterocycles. The fourth-order valence-corrected chi connectivity index (χ4v) is 5.75. The van der Waals surface area contributed by atoms with Crippen molar-refractivity contribution < 1.29 is 17.9 Å². The lowest BCUT2D eigenvalue weighted by Crippen LogP contribution is -2.48. The van der Waals surface area contributed by atoms with Crippen molar-refractivity contribution in [2.24, 2.45) is 0 Å². The van der Waals surface area contributed by atoms with E-state index in [1.807, 2.05) is 60.8 Å². The van der Waals surface area contributed by atoms with Gasteiger partial charge in [0.15, 0.2) is 5.52 Å². The summed E-state index contributed by atoms with van der Waals surface area (Å²) in [5, 5.41) is 0. The van der Waals surface area contributed by atoms with Gasteiger partial charge in [-0.2, -0.15) is 17.8 Å². The highest BCUT2D eigenvalue weighted by molar-refractivity contribution is 7.89. The fourth-order valence-electron chi connectivity index (χ4n) is 4.32. The van der Waals surface area contributed by atoms with E-state index in [1.54, 1.807) is 24.8 Å². The molecule has 0 aliphatic carbocycles. The number of aryl methyl sites for hydroxylation is 2. The van der Waals surface area contributed by atoms with Gasteiger partial charge in [-0.3, -0.25) is 4.98 Å². The average molecular weight is 572 g/mol. The topological polar surface area (TPSA) is 116 Å². The van der Waals surface area contributed by atoms with Crippen LogP contribution in [0.1, 0.15) is 5.82 Å². The van der Waals surface area contributed by atoms with Gasteiger partial charge in [0.1, 0.15) is 18.5 Å². The van der Waals surface area contributed by atoms with Gasteiger partial charge in [0.05, 0.1) is 23.6 Å². The van der Waals surface area contributed by atoms with E-state index in [4.69, 9.17) is 14.5 Å². The normalized spacial score (nSPS) is 16.1. The van der Waals surface area contributed by atoms with Gasteiger partial charge in [-0.1, -0.05) is 12.1 Å². The number of pyridine rings is 1. The molecule has 1 fully saturated rings. The Hall–Kier alpha value is -3.26. The zero-order chi connectivity index (χ0) is 26.7. The summed E-state index contributed by atoms with van der Waals surface area (Å²) < 4.78 is 41.3. The van der Waals surface area contributed by atoms with E-state index in [1.165, 1.54) is 4.31 Å². The van der Waals surface area contributed by atoms with Crippen molar-refractivity contribution in [2.45, 2.75) is 19.6 Å². The molecule has 13 heteroatoms. The van der Waals surface area contributed by atoms with Gasteiger partial charge in [0, 0.05) is 69.8 Å². The SMILES string of the molecule is Cc1nccn1CCS(=O)(=O)N1CCO[C@H](COc2nc(-c3ccc(N(C)C)cc3)cc3nccnc23)C1.S. The Balaban J connectivity index is 0.00000353. The van der Waals surface area contributed by atoms with Gasteiger partial charge in [-0.25, -0.2) is 23.4 Å². The number of sulfonamides is 1. The molecule has 1 aromatic carbocycles. The molecule has 208 valence electrons. The second-order valence-electron chi connectivity index (χ2n) is 9.32. The summed E-state index contributed by atoms with van der Waals surface area (Å²) >= 11 is 0. The lowest BCUT2D eigenvalue weighted by atomic mass is 10.1. The highest BCUT2D eigenvalue weighted by Gasteiger charge is 2.30. The molecular formula is C26H33N7O4S2. The lowest BCUT2D eigenvalue weighted by molar-refractivity contribution is -0.0254. The molecule has 5 rings (SSSR count). The summed E-state index contributed by atoms with van der Waals surface area (Å²) in [4.78, 5) is 19.8. The standard InChI is InChI=1S/C26H31N7O4S.H2S/c1-19-27-10-11-32(19)13-15-38(34,35)33-12-14-36-22(17-33)18-37-26-25-24(28-8-9-29-25)16-23(30-26)20-4-6-21(7-5-20)31(2)3;/h4-11,16,22H,12-15,17-18H2,1-3H3;1H2/t22-;/m0./s1. The third-order valence-corrected chi connectivity index (χ3v) is 8.34. The minimum Gasteiger partial charge on any atom is -0.473 e. The minimum absolute atomic E-state index is 0. The molecule has 3 aromatic heterocycles. The molecule has 39 heavy (non-hydrogen) atoms. The number of fused-ring (bicyclic) bond motifs is 1. The fraction of sp³-hybridized carbons (Fsp3) is 0.385. The van der Waals surface area contributed by atoms with Crippen LogP contribution in [-0.4, -0.2) is 89.5 Å². The minimum atomic E-state index is -3.47. The number of morpholine rings is 1. The molecule has 11 nitrogen and oxygen atoms in total. The molecule has 4 heterocycles. The van der Waals surface area contributed by atoms with E-state index >= 15 is 0 Å². The quantitative estimate of drug-likeness (QED) is 0.299. The molecule has 0 N–H and O–H groups in total. The first-order valence-corrected chi connectivity index (χ1v) is 14.0. The van der Waals surface area contributed by atoms with Crippen LogP contribution < -0.4 is 9.64 Å². The highest BCUT2D eigenvalue weighted by Crippen LogP contribution is 2.28. The summed E-state index contributed by atoms with van der Waals surface area (Å²) in [5.74, 6) is 1.11. The van der Waals surface area contributed by atoms with Crippen LogP contribution in [0.5, 0.6) is 5.88 Å². The summed E-state index contributed by atoms with van der Waals surface area (Å²) in [6.07, 6.45) is 6.23. The summed E-state index contributed by atoms with van der Waals surface area (Å²) in [6, 6.07) is 9.94. The van der Waals surface area contributed by atoms with Crippen LogP contribution >= 0.6 is 13.5 Å². The van der Waals surface area contributed by atoms with E-state index in [0.29, 0.717) is 42.3 Å². The molecule has 1 aliphatic rings. The second-order valence-corrected chi connectivity index (χ2v) is 11.4. The monoisotopic (exact) mass is 571 g/mol. The van der Waals surface area contributed by atoms with E-state index in [-0.39, 0.29) is 32.4 Å². The zero-order valence-corrected chi connectivity index (χ0v) is 24.0. The lowest BCUT2D eigenvalue weighted by Gasteiger charge is -2.32. The Bertz CT molecular complexity index is 1510. The van der Waals surface area contributed by atoms with Gasteiger partial charge < -0.3 is 18.9 Å². The number of ether oxygens (including phenoxy) is 2. The second kappa shape index (κ2) is 12.3. The summed E-state index contributed by atoms with van der Waals surface area (Å²) in [6.45, 7) is 3.15. The molecule has 4 aromatic rings. The Morgan fingerprint density at radius 1 is 1.10 bits per heavy atom. The van der Waals surface area contributed by atoms with E-state index < -0.39 is 16.1 Å². The van der Waals surface area contributed by atoms with E-state index in [0.717, 1.165) is 17.1 Å².